The third kappa shape index (κ3) is 3.12. The van der Waals surface area contributed by atoms with Crippen LogP contribution in [0.25, 0.3) is 10.9 Å². The van der Waals surface area contributed by atoms with E-state index in [1.165, 1.54) is 19.1 Å². The highest BCUT2D eigenvalue weighted by Gasteiger charge is 2.14. The Morgan fingerprint density at radius 3 is 2.21 bits per heavy atom. The first-order chi connectivity index (χ1) is 11.4. The molecule has 0 saturated carbocycles. The van der Waals surface area contributed by atoms with Gasteiger partial charge >= 0.3 is 0 Å². The van der Waals surface area contributed by atoms with Gasteiger partial charge in [0, 0.05) is 36.2 Å². The van der Waals surface area contributed by atoms with Crippen molar-refractivity contribution in [3.63, 3.8) is 0 Å². The summed E-state index contributed by atoms with van der Waals surface area (Å²) >= 11 is 0. The van der Waals surface area contributed by atoms with Gasteiger partial charge in [0.15, 0.2) is 0 Å². The third-order valence-corrected chi connectivity index (χ3v) is 3.70. The molecule has 0 unspecified atom stereocenters. The number of hydrogen-bond acceptors (Lipinski definition) is 2. The zero-order chi connectivity index (χ0) is 17.3. The van der Waals surface area contributed by atoms with Crippen LogP contribution in [0.3, 0.4) is 0 Å². The van der Waals surface area contributed by atoms with Gasteiger partial charge in [-0.25, -0.2) is 4.39 Å². The SMILES string of the molecule is CC(=O)Nc1ccc(NC(=O)c2cc3cc(F)ccc3n2C)cc1. The fourth-order valence-electron chi connectivity index (χ4n) is 2.57. The minimum atomic E-state index is -0.339. The summed E-state index contributed by atoms with van der Waals surface area (Å²) in [4.78, 5) is 23.5. The Bertz CT molecular complexity index is 929. The van der Waals surface area contributed by atoms with Gasteiger partial charge in [-0.2, -0.15) is 0 Å². The second-order valence-electron chi connectivity index (χ2n) is 5.50. The number of amides is 2. The lowest BCUT2D eigenvalue weighted by molar-refractivity contribution is -0.114. The van der Waals surface area contributed by atoms with Gasteiger partial charge in [0.1, 0.15) is 11.5 Å². The summed E-state index contributed by atoms with van der Waals surface area (Å²) in [5, 5.41) is 6.12. The van der Waals surface area contributed by atoms with Crippen molar-refractivity contribution >= 4 is 34.1 Å². The van der Waals surface area contributed by atoms with Crippen molar-refractivity contribution in [1.29, 1.82) is 0 Å². The average molecular weight is 325 g/mol. The van der Waals surface area contributed by atoms with E-state index < -0.39 is 0 Å². The summed E-state index contributed by atoms with van der Waals surface area (Å²) in [6, 6.07) is 12.9. The fraction of sp³-hybridized carbons (Fsp3) is 0.111. The molecule has 2 N–H and O–H groups in total. The number of carbonyl (C=O) groups excluding carboxylic acids is 2. The number of rotatable bonds is 3. The summed E-state index contributed by atoms with van der Waals surface area (Å²) < 4.78 is 15.0. The van der Waals surface area contributed by atoms with Crippen LogP contribution in [-0.4, -0.2) is 16.4 Å². The molecular formula is C18H16FN3O2. The predicted octanol–water partition coefficient (Wildman–Crippen LogP) is 3.53. The molecule has 6 heteroatoms. The molecule has 0 bridgehead atoms. The van der Waals surface area contributed by atoms with E-state index in [4.69, 9.17) is 0 Å². The van der Waals surface area contributed by atoms with E-state index in [9.17, 15) is 14.0 Å². The number of halogens is 1. The van der Waals surface area contributed by atoms with Gasteiger partial charge in [-0.1, -0.05) is 0 Å². The lowest BCUT2D eigenvalue weighted by Crippen LogP contribution is -2.15. The number of aromatic nitrogens is 1. The van der Waals surface area contributed by atoms with Crippen LogP contribution in [0.2, 0.25) is 0 Å². The molecule has 0 atom stereocenters. The third-order valence-electron chi connectivity index (χ3n) is 3.70. The Labute approximate surface area is 138 Å². The lowest BCUT2D eigenvalue weighted by Gasteiger charge is -2.08. The molecule has 3 rings (SSSR count). The van der Waals surface area contributed by atoms with Gasteiger partial charge in [0.05, 0.1) is 0 Å². The van der Waals surface area contributed by atoms with E-state index in [1.807, 2.05) is 0 Å². The fourth-order valence-corrected chi connectivity index (χ4v) is 2.57. The second kappa shape index (κ2) is 6.16. The highest BCUT2D eigenvalue weighted by molar-refractivity contribution is 6.06. The highest BCUT2D eigenvalue weighted by atomic mass is 19.1. The van der Waals surface area contributed by atoms with Crippen molar-refractivity contribution < 1.29 is 14.0 Å². The first-order valence-electron chi connectivity index (χ1n) is 7.38. The van der Waals surface area contributed by atoms with Crippen molar-refractivity contribution in [3.8, 4) is 0 Å². The maximum atomic E-state index is 13.3. The molecule has 2 amide bonds. The van der Waals surface area contributed by atoms with Crippen LogP contribution in [0, 0.1) is 5.82 Å². The minimum absolute atomic E-state index is 0.158. The summed E-state index contributed by atoms with van der Waals surface area (Å²) in [6.45, 7) is 1.43. The van der Waals surface area contributed by atoms with Crippen molar-refractivity contribution in [2.24, 2.45) is 7.05 Å². The molecular weight excluding hydrogens is 309 g/mol. The van der Waals surface area contributed by atoms with Crippen LogP contribution in [0.15, 0.2) is 48.5 Å². The number of anilines is 2. The number of nitrogens with zero attached hydrogens (tertiary/aromatic N) is 1. The Morgan fingerprint density at radius 1 is 0.958 bits per heavy atom. The van der Waals surface area contributed by atoms with E-state index in [1.54, 1.807) is 48.0 Å². The van der Waals surface area contributed by atoms with Crippen molar-refractivity contribution in [2.45, 2.75) is 6.92 Å². The smallest absolute Gasteiger partial charge is 0.272 e. The summed E-state index contributed by atoms with van der Waals surface area (Å²) in [6.07, 6.45) is 0. The number of aryl methyl sites for hydroxylation is 1. The Hall–Kier alpha value is -3.15. The number of carbonyl (C=O) groups is 2. The summed E-state index contributed by atoms with van der Waals surface area (Å²) in [5.41, 5.74) is 2.47. The maximum Gasteiger partial charge on any atom is 0.272 e. The number of nitrogens with one attached hydrogen (secondary N) is 2. The molecule has 122 valence electrons. The molecule has 0 radical (unpaired) electrons. The number of fused-ring (bicyclic) bond motifs is 1. The van der Waals surface area contributed by atoms with Crippen molar-refractivity contribution in [3.05, 3.63) is 60.0 Å². The summed E-state index contributed by atoms with van der Waals surface area (Å²) in [5.74, 6) is -0.787. The molecule has 0 spiro atoms. The zero-order valence-electron chi connectivity index (χ0n) is 13.3. The standard InChI is InChI=1S/C18H16FN3O2/c1-11(23)20-14-4-6-15(7-5-14)21-18(24)17-10-12-9-13(19)3-8-16(12)22(17)2/h3-10H,1-2H3,(H,20,23)(H,21,24). The van der Waals surface area contributed by atoms with Crippen LogP contribution in [0.1, 0.15) is 17.4 Å². The van der Waals surface area contributed by atoms with Gasteiger partial charge in [-0.3, -0.25) is 9.59 Å². The van der Waals surface area contributed by atoms with Gasteiger partial charge in [-0.15, -0.1) is 0 Å². The quantitative estimate of drug-likeness (QED) is 0.774. The van der Waals surface area contributed by atoms with Crippen LogP contribution < -0.4 is 10.6 Å². The Morgan fingerprint density at radius 2 is 1.58 bits per heavy atom. The molecule has 0 aliphatic carbocycles. The monoisotopic (exact) mass is 325 g/mol. The largest absolute Gasteiger partial charge is 0.340 e. The molecule has 2 aromatic carbocycles. The van der Waals surface area contributed by atoms with Gasteiger partial charge in [0.2, 0.25) is 5.91 Å². The Kier molecular flexibility index (Phi) is 4.04. The van der Waals surface area contributed by atoms with Crippen molar-refractivity contribution in [2.75, 3.05) is 10.6 Å². The second-order valence-corrected chi connectivity index (χ2v) is 5.50. The molecule has 0 aliphatic heterocycles. The summed E-state index contributed by atoms with van der Waals surface area (Å²) in [7, 11) is 1.76. The molecule has 0 fully saturated rings. The lowest BCUT2D eigenvalue weighted by atomic mass is 10.2. The van der Waals surface area contributed by atoms with Gasteiger partial charge < -0.3 is 15.2 Å². The van der Waals surface area contributed by atoms with Crippen LogP contribution in [-0.2, 0) is 11.8 Å². The molecule has 5 nitrogen and oxygen atoms in total. The number of hydrogen-bond donors (Lipinski definition) is 2. The minimum Gasteiger partial charge on any atom is -0.340 e. The van der Waals surface area contributed by atoms with Crippen LogP contribution >= 0.6 is 0 Å². The van der Waals surface area contributed by atoms with E-state index in [0.29, 0.717) is 22.5 Å². The first kappa shape index (κ1) is 15.7. The molecule has 1 aromatic heterocycles. The number of benzene rings is 2. The molecule has 1 heterocycles. The normalized spacial score (nSPS) is 10.6. The predicted molar refractivity (Wildman–Crippen MR) is 91.6 cm³/mol. The highest BCUT2D eigenvalue weighted by Crippen LogP contribution is 2.21. The van der Waals surface area contributed by atoms with E-state index in [2.05, 4.69) is 10.6 Å². The van der Waals surface area contributed by atoms with Crippen LogP contribution in [0.5, 0.6) is 0 Å². The topological polar surface area (TPSA) is 63.1 Å². The van der Waals surface area contributed by atoms with E-state index in [0.717, 1.165) is 5.52 Å². The van der Waals surface area contributed by atoms with Gasteiger partial charge in [0.25, 0.3) is 5.91 Å². The van der Waals surface area contributed by atoms with Gasteiger partial charge in [-0.05, 0) is 48.5 Å². The van der Waals surface area contributed by atoms with E-state index in [-0.39, 0.29) is 17.6 Å². The molecule has 3 aromatic rings. The molecule has 0 saturated heterocycles. The first-order valence-corrected chi connectivity index (χ1v) is 7.38. The average Bonchev–Trinajstić information content (AvgIpc) is 2.85. The molecule has 0 aliphatic rings. The van der Waals surface area contributed by atoms with Crippen LogP contribution in [0.4, 0.5) is 15.8 Å². The maximum absolute atomic E-state index is 13.3. The zero-order valence-corrected chi connectivity index (χ0v) is 13.3. The Balaban J connectivity index is 1.82. The molecule has 24 heavy (non-hydrogen) atoms. The van der Waals surface area contributed by atoms with Crippen molar-refractivity contribution in [1.82, 2.24) is 4.57 Å². The van der Waals surface area contributed by atoms with E-state index >= 15 is 0 Å².